The van der Waals surface area contributed by atoms with E-state index in [1.54, 1.807) is 30.3 Å². The third kappa shape index (κ3) is 5.38. The zero-order chi connectivity index (χ0) is 20.1. The minimum absolute atomic E-state index is 0.0507. The van der Waals surface area contributed by atoms with Gasteiger partial charge >= 0.3 is 0 Å². The zero-order valence-corrected chi connectivity index (χ0v) is 16.6. The van der Waals surface area contributed by atoms with Gasteiger partial charge in [-0.15, -0.1) is 11.3 Å². The van der Waals surface area contributed by atoms with Crippen molar-refractivity contribution in [3.05, 3.63) is 46.3 Å². The maximum absolute atomic E-state index is 12.4. The Bertz CT molecular complexity index is 862. The third-order valence-electron chi connectivity index (χ3n) is 4.27. The van der Waals surface area contributed by atoms with Crippen LogP contribution in [-0.4, -0.2) is 42.3 Å². The highest BCUT2D eigenvalue weighted by atomic mass is 32.1. The summed E-state index contributed by atoms with van der Waals surface area (Å²) in [5, 5.41) is 7.66. The molecule has 0 aliphatic heterocycles. The van der Waals surface area contributed by atoms with E-state index in [2.05, 4.69) is 10.6 Å². The van der Waals surface area contributed by atoms with Gasteiger partial charge in [0.15, 0.2) is 0 Å². The van der Waals surface area contributed by atoms with Crippen LogP contribution in [0.5, 0.6) is 0 Å². The van der Waals surface area contributed by atoms with Crippen molar-refractivity contribution in [3.63, 3.8) is 0 Å². The van der Waals surface area contributed by atoms with Crippen LogP contribution in [0.15, 0.2) is 29.6 Å². The van der Waals surface area contributed by atoms with E-state index in [9.17, 15) is 14.4 Å². The molecule has 0 aliphatic rings. The number of nitrogens with zero attached hydrogens (tertiary/aromatic N) is 1. The largest absolute Gasteiger partial charge is 0.366 e. The Morgan fingerprint density at radius 1 is 1.19 bits per heavy atom. The minimum Gasteiger partial charge on any atom is -0.366 e. The van der Waals surface area contributed by atoms with Gasteiger partial charge in [0, 0.05) is 5.69 Å². The molecule has 0 unspecified atom stereocenters. The number of amides is 3. The molecule has 0 spiro atoms. The van der Waals surface area contributed by atoms with Crippen LogP contribution in [0.1, 0.15) is 28.4 Å². The first-order chi connectivity index (χ1) is 12.7. The lowest BCUT2D eigenvalue weighted by atomic mass is 10.1. The van der Waals surface area contributed by atoms with Gasteiger partial charge in [-0.25, -0.2) is 0 Å². The van der Waals surface area contributed by atoms with Gasteiger partial charge in [0.05, 0.1) is 18.2 Å². The monoisotopic (exact) mass is 388 g/mol. The first-order valence-electron chi connectivity index (χ1n) is 8.44. The summed E-state index contributed by atoms with van der Waals surface area (Å²) < 4.78 is 0. The van der Waals surface area contributed by atoms with E-state index >= 15 is 0 Å². The van der Waals surface area contributed by atoms with Gasteiger partial charge in [0.25, 0.3) is 5.91 Å². The highest BCUT2D eigenvalue weighted by Gasteiger charge is 2.22. The molecule has 8 heteroatoms. The molecule has 0 saturated carbocycles. The average molecular weight is 388 g/mol. The molecule has 4 N–H and O–H groups in total. The fourth-order valence-electron chi connectivity index (χ4n) is 2.44. The molecule has 0 aliphatic carbocycles. The number of rotatable bonds is 7. The second-order valence-corrected chi connectivity index (χ2v) is 7.39. The molecule has 27 heavy (non-hydrogen) atoms. The molecular formula is C19H24N4O3S. The van der Waals surface area contributed by atoms with Crippen molar-refractivity contribution >= 4 is 39.7 Å². The molecule has 144 valence electrons. The van der Waals surface area contributed by atoms with Crippen LogP contribution < -0.4 is 16.4 Å². The molecule has 1 heterocycles. The summed E-state index contributed by atoms with van der Waals surface area (Å²) in [6, 6.07) is 6.83. The second-order valence-electron chi connectivity index (χ2n) is 6.47. The van der Waals surface area contributed by atoms with Crippen LogP contribution in [0.25, 0.3) is 0 Å². The molecule has 2 rings (SSSR count). The lowest BCUT2D eigenvalue weighted by Gasteiger charge is -2.23. The number of benzene rings is 1. The predicted molar refractivity (Wildman–Crippen MR) is 108 cm³/mol. The lowest BCUT2D eigenvalue weighted by Crippen LogP contribution is -2.43. The summed E-state index contributed by atoms with van der Waals surface area (Å²) in [6.45, 7) is 5.62. The van der Waals surface area contributed by atoms with Crippen LogP contribution in [0.2, 0.25) is 0 Å². The maximum atomic E-state index is 12.4. The molecule has 0 fully saturated rings. The second kappa shape index (κ2) is 8.79. The number of hydrogen-bond donors (Lipinski definition) is 3. The third-order valence-corrected chi connectivity index (χ3v) is 5.10. The van der Waals surface area contributed by atoms with Crippen molar-refractivity contribution in [2.24, 2.45) is 5.73 Å². The molecule has 0 bridgehead atoms. The van der Waals surface area contributed by atoms with Crippen LogP contribution in [0.4, 0.5) is 10.7 Å². The fraction of sp³-hybridized carbons (Fsp3) is 0.316. The summed E-state index contributed by atoms with van der Waals surface area (Å²) in [4.78, 5) is 37.8. The Morgan fingerprint density at radius 2 is 1.89 bits per heavy atom. The van der Waals surface area contributed by atoms with E-state index in [0.717, 1.165) is 16.8 Å². The number of hydrogen-bond acceptors (Lipinski definition) is 5. The van der Waals surface area contributed by atoms with Gasteiger partial charge in [0.2, 0.25) is 11.8 Å². The van der Waals surface area contributed by atoms with Gasteiger partial charge in [-0.1, -0.05) is 12.1 Å². The summed E-state index contributed by atoms with van der Waals surface area (Å²) in [7, 11) is 1.69. The van der Waals surface area contributed by atoms with Gasteiger partial charge in [0.1, 0.15) is 5.00 Å². The van der Waals surface area contributed by atoms with E-state index in [4.69, 9.17) is 5.73 Å². The van der Waals surface area contributed by atoms with E-state index in [1.807, 2.05) is 32.0 Å². The number of thiophene rings is 1. The van der Waals surface area contributed by atoms with Gasteiger partial charge in [-0.05, 0) is 56.5 Å². The fourth-order valence-corrected chi connectivity index (χ4v) is 3.24. The molecule has 3 amide bonds. The Hall–Kier alpha value is -2.71. The van der Waals surface area contributed by atoms with Crippen molar-refractivity contribution in [1.82, 2.24) is 4.90 Å². The Labute approximate surface area is 162 Å². The van der Waals surface area contributed by atoms with Crippen molar-refractivity contribution in [3.8, 4) is 0 Å². The number of carbonyl (C=O) groups is 3. The number of primary amides is 1. The average Bonchev–Trinajstić information content (AvgIpc) is 3.05. The highest BCUT2D eigenvalue weighted by Crippen LogP contribution is 2.23. The summed E-state index contributed by atoms with van der Waals surface area (Å²) in [5.41, 5.74) is 8.34. The van der Waals surface area contributed by atoms with Crippen molar-refractivity contribution in [1.29, 1.82) is 0 Å². The molecule has 1 aromatic carbocycles. The molecule has 1 atom stereocenters. The Balaban J connectivity index is 1.95. The Morgan fingerprint density at radius 3 is 2.56 bits per heavy atom. The van der Waals surface area contributed by atoms with Crippen LogP contribution in [0, 0.1) is 13.8 Å². The van der Waals surface area contributed by atoms with Crippen molar-refractivity contribution in [2.75, 3.05) is 24.2 Å². The number of carbonyl (C=O) groups excluding carboxylic acids is 3. The quantitative estimate of drug-likeness (QED) is 0.677. The van der Waals surface area contributed by atoms with E-state index < -0.39 is 11.9 Å². The molecule has 1 aromatic heterocycles. The summed E-state index contributed by atoms with van der Waals surface area (Å²) in [6.07, 6.45) is 0. The van der Waals surface area contributed by atoms with Gasteiger partial charge in [-0.3, -0.25) is 19.3 Å². The Kier molecular flexibility index (Phi) is 6.70. The topological polar surface area (TPSA) is 105 Å². The van der Waals surface area contributed by atoms with Crippen LogP contribution >= 0.6 is 11.3 Å². The molecule has 0 saturated heterocycles. The maximum Gasteiger partial charge on any atom is 0.251 e. The van der Waals surface area contributed by atoms with E-state index in [1.165, 1.54) is 11.3 Å². The number of likely N-dealkylation sites (N-methyl/N-ethyl adjacent to an activating group) is 1. The predicted octanol–water partition coefficient (Wildman–Crippen LogP) is 2.36. The van der Waals surface area contributed by atoms with Crippen molar-refractivity contribution in [2.45, 2.75) is 26.8 Å². The highest BCUT2D eigenvalue weighted by molar-refractivity contribution is 7.14. The van der Waals surface area contributed by atoms with Crippen molar-refractivity contribution < 1.29 is 14.4 Å². The molecule has 2 aromatic rings. The minimum atomic E-state index is -0.597. The van der Waals surface area contributed by atoms with E-state index in [0.29, 0.717) is 5.00 Å². The van der Waals surface area contributed by atoms with Crippen LogP contribution in [-0.2, 0) is 9.59 Å². The normalized spacial score (nSPS) is 11.9. The SMILES string of the molecule is Cc1ccc(C)c(NC(=O)CN(C)[C@H](C)C(=O)Nc2sccc2C(N)=O)c1. The van der Waals surface area contributed by atoms with E-state index in [-0.39, 0.29) is 23.9 Å². The smallest absolute Gasteiger partial charge is 0.251 e. The summed E-state index contributed by atoms with van der Waals surface area (Å²) >= 11 is 1.22. The number of anilines is 2. The first kappa shape index (κ1) is 20.6. The number of nitrogens with two attached hydrogens (primary N) is 1. The molecular weight excluding hydrogens is 364 g/mol. The van der Waals surface area contributed by atoms with Gasteiger partial charge < -0.3 is 16.4 Å². The zero-order valence-electron chi connectivity index (χ0n) is 15.8. The molecule has 7 nitrogen and oxygen atoms in total. The first-order valence-corrected chi connectivity index (χ1v) is 9.32. The number of aryl methyl sites for hydroxylation is 2. The van der Waals surface area contributed by atoms with Crippen LogP contribution in [0.3, 0.4) is 0 Å². The molecule has 0 radical (unpaired) electrons. The standard InChI is InChI=1S/C19H24N4O3S/c1-11-5-6-12(2)15(9-11)21-16(24)10-23(4)13(3)18(26)22-19-14(17(20)25)7-8-27-19/h5-9,13H,10H2,1-4H3,(H2,20,25)(H,21,24)(H,22,26)/t13-/m1/s1. The van der Waals surface area contributed by atoms with Gasteiger partial charge in [-0.2, -0.15) is 0 Å². The number of nitrogens with one attached hydrogen (secondary N) is 2. The summed E-state index contributed by atoms with van der Waals surface area (Å²) in [5.74, 6) is -1.12. The lowest BCUT2D eigenvalue weighted by molar-refractivity contribution is -0.122.